The molecule has 3 rings (SSSR count). The molecule has 1 heterocycles. The monoisotopic (exact) mass is 385 g/mol. The second-order valence-electron chi connectivity index (χ2n) is 6.16. The van der Waals surface area contributed by atoms with Crippen LogP contribution in [-0.4, -0.2) is 22.1 Å². The molecule has 2 unspecified atom stereocenters. The van der Waals surface area contributed by atoms with Crippen LogP contribution in [0.3, 0.4) is 0 Å². The highest BCUT2D eigenvalue weighted by Gasteiger charge is 2.47. The lowest BCUT2D eigenvalue weighted by Gasteiger charge is -2.39. The van der Waals surface area contributed by atoms with Crippen molar-refractivity contribution in [3.63, 3.8) is 0 Å². The van der Waals surface area contributed by atoms with E-state index in [4.69, 9.17) is 4.52 Å². The molecule has 0 aliphatic heterocycles. The van der Waals surface area contributed by atoms with E-state index in [9.17, 15) is 8.78 Å². The molecule has 0 spiro atoms. The van der Waals surface area contributed by atoms with Crippen LogP contribution in [0.15, 0.2) is 33.3 Å². The van der Waals surface area contributed by atoms with E-state index in [-0.39, 0.29) is 30.8 Å². The Balaban J connectivity index is 1.62. The van der Waals surface area contributed by atoms with E-state index in [1.165, 1.54) is 0 Å². The molecule has 2 aromatic rings. The lowest BCUT2D eigenvalue weighted by molar-refractivity contribution is -0.118. The van der Waals surface area contributed by atoms with Gasteiger partial charge < -0.3 is 9.84 Å². The number of halogens is 3. The van der Waals surface area contributed by atoms with E-state index >= 15 is 0 Å². The molecule has 0 radical (unpaired) electrons. The van der Waals surface area contributed by atoms with E-state index in [0.29, 0.717) is 11.7 Å². The van der Waals surface area contributed by atoms with Gasteiger partial charge in [0.25, 0.3) is 0 Å². The van der Waals surface area contributed by atoms with Gasteiger partial charge in [-0.15, -0.1) is 0 Å². The van der Waals surface area contributed by atoms with Crippen LogP contribution in [0.2, 0.25) is 0 Å². The molecule has 1 fully saturated rings. The van der Waals surface area contributed by atoms with Crippen LogP contribution >= 0.6 is 15.9 Å². The largest absolute Gasteiger partial charge is 0.337 e. The topological polar surface area (TPSA) is 51.0 Å². The number of hydrogen-bond acceptors (Lipinski definition) is 4. The lowest BCUT2D eigenvalue weighted by atomic mass is 9.77. The van der Waals surface area contributed by atoms with Crippen LogP contribution in [0, 0.1) is 5.92 Å². The lowest BCUT2D eigenvalue weighted by Crippen LogP contribution is -2.47. The van der Waals surface area contributed by atoms with Crippen molar-refractivity contribution >= 4 is 15.9 Å². The maximum Gasteiger partial charge on any atom is 0.248 e. The second kappa shape index (κ2) is 6.28. The third kappa shape index (κ3) is 3.77. The van der Waals surface area contributed by atoms with Crippen molar-refractivity contribution in [3.05, 3.63) is 34.6 Å². The smallest absolute Gasteiger partial charge is 0.248 e. The summed E-state index contributed by atoms with van der Waals surface area (Å²) in [6, 6.07) is 7.41. The van der Waals surface area contributed by atoms with Crippen LogP contribution in [0.1, 0.15) is 38.6 Å². The summed E-state index contributed by atoms with van der Waals surface area (Å²) in [5, 5.41) is 7.26. The minimum absolute atomic E-state index is 0.0127. The summed E-state index contributed by atoms with van der Waals surface area (Å²) in [6.45, 7) is 3.81. The van der Waals surface area contributed by atoms with Gasteiger partial charge in [0.1, 0.15) is 0 Å². The number of rotatable bonds is 5. The van der Waals surface area contributed by atoms with Gasteiger partial charge in [-0.2, -0.15) is 4.98 Å². The molecule has 7 heteroatoms. The van der Waals surface area contributed by atoms with Gasteiger partial charge in [0.05, 0.1) is 6.04 Å². The number of benzene rings is 1. The Labute approximate surface area is 141 Å². The summed E-state index contributed by atoms with van der Waals surface area (Å²) in [4.78, 5) is 4.39. The van der Waals surface area contributed by atoms with Gasteiger partial charge in [-0.25, -0.2) is 8.78 Å². The standard InChI is InChI=1S/C16H18BrF2N3O/c1-9(12-7-16(18,19)8-12)20-10(2)15-21-14(22-23-15)11-3-5-13(17)6-4-11/h3-6,9-10,12,20H,7-8H2,1-2H3. The molecule has 0 saturated heterocycles. The van der Waals surface area contributed by atoms with Gasteiger partial charge >= 0.3 is 0 Å². The molecule has 0 bridgehead atoms. The second-order valence-corrected chi connectivity index (χ2v) is 7.08. The van der Waals surface area contributed by atoms with Gasteiger partial charge in [-0.3, -0.25) is 0 Å². The van der Waals surface area contributed by atoms with E-state index < -0.39 is 5.92 Å². The molecule has 1 aliphatic rings. The van der Waals surface area contributed by atoms with Crippen LogP contribution < -0.4 is 5.32 Å². The minimum atomic E-state index is -2.50. The zero-order valence-electron chi connectivity index (χ0n) is 12.9. The van der Waals surface area contributed by atoms with Crippen LogP contribution in [0.5, 0.6) is 0 Å². The first kappa shape index (κ1) is 16.5. The normalized spacial score (nSPS) is 20.0. The zero-order chi connectivity index (χ0) is 16.6. The first-order valence-corrected chi connectivity index (χ1v) is 8.37. The summed E-state index contributed by atoms with van der Waals surface area (Å²) in [6.07, 6.45) is -0.107. The van der Waals surface area contributed by atoms with Crippen molar-refractivity contribution in [3.8, 4) is 11.4 Å². The maximum absolute atomic E-state index is 13.0. The molecule has 1 aromatic heterocycles. The summed E-state index contributed by atoms with van der Waals surface area (Å²) in [5.74, 6) is -1.53. The molecular formula is C16H18BrF2N3O. The van der Waals surface area contributed by atoms with Gasteiger partial charge in [-0.05, 0) is 44.0 Å². The molecular weight excluding hydrogens is 368 g/mol. The third-order valence-electron chi connectivity index (χ3n) is 4.26. The fourth-order valence-electron chi connectivity index (χ4n) is 2.79. The predicted molar refractivity (Wildman–Crippen MR) is 86.1 cm³/mol. The molecule has 0 amide bonds. The van der Waals surface area contributed by atoms with Gasteiger partial charge in [0.15, 0.2) is 0 Å². The molecule has 4 nitrogen and oxygen atoms in total. The Hall–Kier alpha value is -1.34. The Morgan fingerprint density at radius 3 is 2.52 bits per heavy atom. The summed E-state index contributed by atoms with van der Waals surface area (Å²) >= 11 is 3.38. The number of aromatic nitrogens is 2. The highest BCUT2D eigenvalue weighted by Crippen LogP contribution is 2.44. The Bertz CT molecular complexity index is 666. The molecule has 1 N–H and O–H groups in total. The fourth-order valence-corrected chi connectivity index (χ4v) is 3.05. The van der Waals surface area contributed by atoms with Crippen LogP contribution in [-0.2, 0) is 0 Å². The molecule has 1 aromatic carbocycles. The summed E-state index contributed by atoms with van der Waals surface area (Å²) < 4.78 is 32.2. The summed E-state index contributed by atoms with van der Waals surface area (Å²) in [5.41, 5.74) is 0.863. The van der Waals surface area contributed by atoms with E-state index in [1.54, 1.807) is 0 Å². The first-order valence-electron chi connectivity index (χ1n) is 7.57. The van der Waals surface area contributed by atoms with Crippen molar-refractivity contribution in [2.45, 2.75) is 44.7 Å². The quantitative estimate of drug-likeness (QED) is 0.817. The minimum Gasteiger partial charge on any atom is -0.337 e. The number of alkyl halides is 2. The molecule has 1 saturated carbocycles. The molecule has 1 aliphatic carbocycles. The fraction of sp³-hybridized carbons (Fsp3) is 0.500. The highest BCUT2D eigenvalue weighted by molar-refractivity contribution is 9.10. The van der Waals surface area contributed by atoms with E-state index in [2.05, 4.69) is 31.4 Å². The third-order valence-corrected chi connectivity index (χ3v) is 4.78. The SMILES string of the molecule is CC(NC(C)C1CC(F)(F)C1)c1nc(-c2ccc(Br)cc2)no1. The van der Waals surface area contributed by atoms with E-state index in [0.717, 1.165) is 10.0 Å². The zero-order valence-corrected chi connectivity index (χ0v) is 14.5. The highest BCUT2D eigenvalue weighted by atomic mass is 79.9. The van der Waals surface area contributed by atoms with Crippen molar-refractivity contribution in [2.24, 2.45) is 5.92 Å². The van der Waals surface area contributed by atoms with Crippen LogP contribution in [0.25, 0.3) is 11.4 Å². The summed E-state index contributed by atoms with van der Waals surface area (Å²) in [7, 11) is 0. The van der Waals surface area contributed by atoms with Crippen molar-refractivity contribution < 1.29 is 13.3 Å². The number of hydrogen-bond donors (Lipinski definition) is 1. The Morgan fingerprint density at radius 1 is 1.26 bits per heavy atom. The van der Waals surface area contributed by atoms with E-state index in [1.807, 2.05) is 38.1 Å². The Morgan fingerprint density at radius 2 is 1.91 bits per heavy atom. The Kier molecular flexibility index (Phi) is 4.51. The van der Waals surface area contributed by atoms with Gasteiger partial charge in [-0.1, -0.05) is 21.1 Å². The van der Waals surface area contributed by atoms with Crippen molar-refractivity contribution in [1.82, 2.24) is 15.5 Å². The molecule has 23 heavy (non-hydrogen) atoms. The maximum atomic E-state index is 13.0. The van der Waals surface area contributed by atoms with Crippen molar-refractivity contribution in [2.75, 3.05) is 0 Å². The van der Waals surface area contributed by atoms with Crippen LogP contribution in [0.4, 0.5) is 8.78 Å². The molecule has 2 atom stereocenters. The average molecular weight is 386 g/mol. The predicted octanol–water partition coefficient (Wildman–Crippen LogP) is 4.58. The first-order chi connectivity index (χ1) is 10.8. The average Bonchev–Trinajstić information content (AvgIpc) is 2.95. The number of nitrogens with zero attached hydrogens (tertiary/aromatic N) is 2. The van der Waals surface area contributed by atoms with Crippen molar-refractivity contribution in [1.29, 1.82) is 0 Å². The molecule has 124 valence electrons. The number of nitrogens with one attached hydrogen (secondary N) is 1. The van der Waals surface area contributed by atoms with Gasteiger partial charge in [0, 0.05) is 28.9 Å². The van der Waals surface area contributed by atoms with Gasteiger partial charge in [0.2, 0.25) is 17.6 Å².